The zero-order valence-corrected chi connectivity index (χ0v) is 21.6. The molecule has 1 aliphatic heterocycles. The quantitative estimate of drug-likeness (QED) is 0.359. The number of rotatable bonds is 7. The highest BCUT2D eigenvalue weighted by Gasteiger charge is 2.42. The van der Waals surface area contributed by atoms with Gasteiger partial charge in [-0.3, -0.25) is 4.79 Å². The molecule has 1 aliphatic carbocycles. The lowest BCUT2D eigenvalue weighted by Gasteiger charge is -2.41. The van der Waals surface area contributed by atoms with Crippen LogP contribution in [0.2, 0.25) is 0 Å². The summed E-state index contributed by atoms with van der Waals surface area (Å²) in [7, 11) is 0. The van der Waals surface area contributed by atoms with Gasteiger partial charge in [0.25, 0.3) is 5.91 Å². The number of phenolic OH excluding ortho intramolecular Hbond substituents is 1. The standard InChI is InChI=1S/C31H36N2O4/c1-21-19-24(12-9-23-10-13-25(34)14-11-23)31(3,36)29(22(21)2)28(20-32)30(35)33-17-15-27(16-18-33)37-26-7-5-4-6-8-26/h4-8,10-11,13-14,19-20,24,27,32,34,36H,2,9,12,15-18H2,1,3H3/b29-28-,32-20?. The van der Waals surface area contributed by atoms with Gasteiger partial charge in [-0.15, -0.1) is 0 Å². The van der Waals surface area contributed by atoms with Crippen LogP contribution in [0.1, 0.15) is 38.7 Å². The number of nitrogens with zero attached hydrogens (tertiary/aromatic N) is 1. The summed E-state index contributed by atoms with van der Waals surface area (Å²) in [5.74, 6) is 0.534. The predicted molar refractivity (Wildman–Crippen MR) is 146 cm³/mol. The molecule has 2 unspecified atom stereocenters. The van der Waals surface area contributed by atoms with Crippen molar-refractivity contribution >= 4 is 12.1 Å². The minimum Gasteiger partial charge on any atom is -0.508 e. The lowest BCUT2D eigenvalue weighted by molar-refractivity contribution is -0.128. The molecule has 2 aromatic rings. The SMILES string of the molecule is C=C1C(C)=CC(CCc2ccc(O)cc2)C(C)(O)/C1=C(/C=N)C(=O)N1CCC(Oc2ccccc2)CC1. The Labute approximate surface area is 219 Å². The van der Waals surface area contributed by atoms with Crippen LogP contribution in [-0.4, -0.2) is 52.0 Å². The first-order valence-electron chi connectivity index (χ1n) is 12.8. The van der Waals surface area contributed by atoms with Crippen molar-refractivity contribution in [3.8, 4) is 11.5 Å². The molecular weight excluding hydrogens is 464 g/mol. The van der Waals surface area contributed by atoms with Gasteiger partial charge in [-0.05, 0) is 67.7 Å². The average molecular weight is 501 g/mol. The molecule has 2 atom stereocenters. The molecule has 6 heteroatoms. The molecule has 2 aromatic carbocycles. The van der Waals surface area contributed by atoms with Gasteiger partial charge in [0.2, 0.25) is 0 Å². The number of para-hydroxylation sites is 1. The second-order valence-electron chi connectivity index (χ2n) is 10.1. The Kier molecular flexibility index (Phi) is 7.98. The lowest BCUT2D eigenvalue weighted by atomic mass is 9.69. The number of piperidine rings is 1. The van der Waals surface area contributed by atoms with Crippen molar-refractivity contribution in [2.24, 2.45) is 5.92 Å². The third kappa shape index (κ3) is 5.86. The molecular formula is C31H36N2O4. The lowest BCUT2D eigenvalue weighted by Crippen LogP contribution is -2.45. The van der Waals surface area contributed by atoms with E-state index in [0.29, 0.717) is 49.9 Å². The Morgan fingerprint density at radius 2 is 1.81 bits per heavy atom. The van der Waals surface area contributed by atoms with Gasteiger partial charge >= 0.3 is 0 Å². The minimum atomic E-state index is -1.36. The van der Waals surface area contributed by atoms with E-state index in [2.05, 4.69) is 6.58 Å². The monoisotopic (exact) mass is 500 g/mol. The van der Waals surface area contributed by atoms with E-state index in [1.54, 1.807) is 24.0 Å². The largest absolute Gasteiger partial charge is 0.508 e. The van der Waals surface area contributed by atoms with E-state index in [0.717, 1.165) is 23.1 Å². The number of carbonyl (C=O) groups is 1. The number of likely N-dealkylation sites (tertiary alicyclic amines) is 1. The number of nitrogens with one attached hydrogen (secondary N) is 1. The topological polar surface area (TPSA) is 93.8 Å². The smallest absolute Gasteiger partial charge is 0.255 e. The van der Waals surface area contributed by atoms with Crippen molar-refractivity contribution in [1.82, 2.24) is 4.90 Å². The molecule has 3 N–H and O–H groups in total. The zero-order valence-electron chi connectivity index (χ0n) is 21.6. The Balaban J connectivity index is 1.51. The Hall–Kier alpha value is -3.64. The van der Waals surface area contributed by atoms with Gasteiger partial charge < -0.3 is 25.3 Å². The molecule has 1 saturated heterocycles. The molecule has 0 bridgehead atoms. The van der Waals surface area contributed by atoms with Crippen LogP contribution in [0.15, 0.2) is 89.5 Å². The summed E-state index contributed by atoms with van der Waals surface area (Å²) < 4.78 is 6.06. The van der Waals surface area contributed by atoms with E-state index in [-0.39, 0.29) is 29.3 Å². The molecule has 0 saturated carbocycles. The number of hydrogen-bond donors (Lipinski definition) is 3. The van der Waals surface area contributed by atoms with Crippen molar-refractivity contribution in [1.29, 1.82) is 5.41 Å². The number of carbonyl (C=O) groups excluding carboxylic acids is 1. The second-order valence-corrected chi connectivity index (χ2v) is 10.1. The van der Waals surface area contributed by atoms with E-state index in [9.17, 15) is 15.0 Å². The molecule has 0 radical (unpaired) electrons. The Morgan fingerprint density at radius 3 is 2.43 bits per heavy atom. The summed E-state index contributed by atoms with van der Waals surface area (Å²) in [5, 5.41) is 29.5. The van der Waals surface area contributed by atoms with Crippen molar-refractivity contribution in [2.75, 3.05) is 13.1 Å². The van der Waals surface area contributed by atoms with Gasteiger partial charge in [0.05, 0.1) is 11.2 Å². The maximum atomic E-state index is 13.6. The Morgan fingerprint density at radius 1 is 1.16 bits per heavy atom. The molecule has 4 rings (SSSR count). The number of ether oxygens (including phenoxy) is 1. The van der Waals surface area contributed by atoms with E-state index in [1.165, 1.54) is 0 Å². The summed E-state index contributed by atoms with van der Waals surface area (Å²) >= 11 is 0. The summed E-state index contributed by atoms with van der Waals surface area (Å²) in [6, 6.07) is 16.7. The number of amides is 1. The van der Waals surface area contributed by atoms with E-state index in [4.69, 9.17) is 10.1 Å². The normalized spacial score (nSPS) is 23.9. The average Bonchev–Trinajstić information content (AvgIpc) is 2.89. The molecule has 6 nitrogen and oxygen atoms in total. The molecule has 1 fully saturated rings. The maximum Gasteiger partial charge on any atom is 0.255 e. The maximum absolute atomic E-state index is 13.6. The third-order valence-corrected chi connectivity index (χ3v) is 7.56. The minimum absolute atomic E-state index is 0.0322. The van der Waals surface area contributed by atoms with Gasteiger partial charge in [-0.2, -0.15) is 0 Å². The number of aryl methyl sites for hydroxylation is 1. The summed E-state index contributed by atoms with van der Waals surface area (Å²) in [6.07, 6.45) is 5.87. The molecule has 2 aliphatic rings. The number of hydrogen-bond acceptors (Lipinski definition) is 5. The van der Waals surface area contributed by atoms with Crippen LogP contribution in [0.3, 0.4) is 0 Å². The third-order valence-electron chi connectivity index (χ3n) is 7.56. The van der Waals surface area contributed by atoms with E-state index in [1.807, 2.05) is 55.5 Å². The van der Waals surface area contributed by atoms with Crippen LogP contribution in [0.4, 0.5) is 0 Å². The summed E-state index contributed by atoms with van der Waals surface area (Å²) in [4.78, 5) is 15.4. The molecule has 1 heterocycles. The fourth-order valence-electron chi connectivity index (χ4n) is 5.32. The van der Waals surface area contributed by atoms with Gasteiger partial charge in [0.15, 0.2) is 0 Å². The molecule has 0 spiro atoms. The van der Waals surface area contributed by atoms with Crippen LogP contribution in [0, 0.1) is 11.3 Å². The first-order chi connectivity index (χ1) is 17.7. The predicted octanol–water partition coefficient (Wildman–Crippen LogP) is 5.22. The highest BCUT2D eigenvalue weighted by Crippen LogP contribution is 2.43. The van der Waals surface area contributed by atoms with E-state index < -0.39 is 5.60 Å². The number of aliphatic hydroxyl groups is 1. The van der Waals surface area contributed by atoms with Crippen molar-refractivity contribution in [3.05, 3.63) is 95.1 Å². The summed E-state index contributed by atoms with van der Waals surface area (Å²) in [5.41, 5.74) is 1.83. The fourth-order valence-corrected chi connectivity index (χ4v) is 5.32. The zero-order chi connectivity index (χ0) is 26.6. The molecule has 0 aromatic heterocycles. The van der Waals surface area contributed by atoms with Crippen LogP contribution in [0.25, 0.3) is 0 Å². The van der Waals surface area contributed by atoms with Crippen molar-refractivity contribution in [2.45, 2.75) is 51.2 Å². The van der Waals surface area contributed by atoms with Crippen LogP contribution < -0.4 is 4.74 Å². The number of aromatic hydroxyl groups is 1. The van der Waals surface area contributed by atoms with Crippen LogP contribution in [-0.2, 0) is 11.2 Å². The number of benzene rings is 2. The number of phenols is 1. The number of allylic oxidation sites excluding steroid dienone is 1. The van der Waals surface area contributed by atoms with Gasteiger partial charge in [-0.1, -0.05) is 43.0 Å². The molecule has 37 heavy (non-hydrogen) atoms. The van der Waals surface area contributed by atoms with Crippen molar-refractivity contribution in [3.63, 3.8) is 0 Å². The first kappa shape index (κ1) is 26.4. The fraction of sp³-hybridized carbons (Fsp3) is 0.355. The highest BCUT2D eigenvalue weighted by atomic mass is 16.5. The molecule has 1 amide bonds. The highest BCUT2D eigenvalue weighted by molar-refractivity contribution is 6.13. The summed E-state index contributed by atoms with van der Waals surface area (Å²) in [6.45, 7) is 8.88. The molecule has 194 valence electrons. The van der Waals surface area contributed by atoms with Gasteiger partial charge in [0, 0.05) is 43.6 Å². The first-order valence-corrected chi connectivity index (χ1v) is 12.8. The van der Waals surface area contributed by atoms with Crippen LogP contribution in [0.5, 0.6) is 11.5 Å². The van der Waals surface area contributed by atoms with Crippen molar-refractivity contribution < 1.29 is 19.7 Å². The van der Waals surface area contributed by atoms with E-state index >= 15 is 0 Å². The van der Waals surface area contributed by atoms with Gasteiger partial charge in [-0.25, -0.2) is 0 Å². The Bertz CT molecular complexity index is 1200. The second kappa shape index (κ2) is 11.2. The van der Waals surface area contributed by atoms with Gasteiger partial charge in [0.1, 0.15) is 17.6 Å². The van der Waals surface area contributed by atoms with Crippen LogP contribution >= 0.6 is 0 Å².